The minimum Gasteiger partial charge on any atom is -0.366 e. The van der Waals surface area contributed by atoms with E-state index in [2.05, 4.69) is 52.9 Å². The van der Waals surface area contributed by atoms with Crippen LogP contribution in [0.15, 0.2) is 11.6 Å². The fourth-order valence-corrected chi connectivity index (χ4v) is 9.19. The third-order valence-corrected chi connectivity index (χ3v) is 11.4. The number of rotatable bonds is 12. The third kappa shape index (κ3) is 7.43. The molecule has 4 aliphatic carbocycles. The molecule has 4 rings (SSSR count). The molecule has 4 N–H and O–H groups in total. The maximum atomic E-state index is 9.20. The molecule has 0 aromatic heterocycles. The third-order valence-electron chi connectivity index (χ3n) is 11.4. The molecule has 0 aliphatic heterocycles. The summed E-state index contributed by atoms with van der Waals surface area (Å²) in [7, 11) is 0. The van der Waals surface area contributed by atoms with Gasteiger partial charge in [-0.2, -0.15) is 0 Å². The highest BCUT2D eigenvalue weighted by molar-refractivity contribution is 5.25. The zero-order valence-electron chi connectivity index (χ0n) is 25.8. The number of allylic oxidation sites excluding steroid dienone is 1. The van der Waals surface area contributed by atoms with Crippen molar-refractivity contribution in [2.45, 2.75) is 131 Å². The number of unbranched alkanes of at least 4 members (excludes halogenated alkanes) is 1. The van der Waals surface area contributed by atoms with Crippen LogP contribution in [0, 0.1) is 46.3 Å². The molecule has 222 valence electrons. The summed E-state index contributed by atoms with van der Waals surface area (Å²) in [5, 5.41) is 12.1. The van der Waals surface area contributed by atoms with Gasteiger partial charge in [0.25, 0.3) is 0 Å². The summed E-state index contributed by atoms with van der Waals surface area (Å²) in [6.45, 7) is 16.6. The Balaban J connectivity index is 0.000000383. The van der Waals surface area contributed by atoms with Crippen molar-refractivity contribution in [3.05, 3.63) is 11.6 Å². The van der Waals surface area contributed by atoms with Gasteiger partial charge in [0, 0.05) is 13.3 Å². The second-order valence-electron chi connectivity index (χ2n) is 14.1. The molecule has 3 saturated carbocycles. The standard InChI is InChI=1S/C27H46O2.C6H16N2O/c1-18(2)7-6-8-19(3)23-11-12-24-22-10-9-20-17-21(29-28)13-15-26(20,4)25(22)14-16-27(23,24)5;1-2-3-4-9-6-8-5-7/h9,18-19,21-25,28H,6-8,10-17H2,1-5H3;8H,2-7H2,1H3. The predicted molar refractivity (Wildman–Crippen MR) is 158 cm³/mol. The molecule has 38 heavy (non-hydrogen) atoms. The number of fused-ring (bicyclic) bond motifs is 5. The summed E-state index contributed by atoms with van der Waals surface area (Å²) < 4.78 is 5.12. The van der Waals surface area contributed by atoms with Crippen LogP contribution in [0.1, 0.15) is 125 Å². The van der Waals surface area contributed by atoms with Crippen molar-refractivity contribution >= 4 is 0 Å². The van der Waals surface area contributed by atoms with Crippen molar-refractivity contribution in [2.24, 2.45) is 52.1 Å². The monoisotopic (exact) mass is 534 g/mol. The molecule has 0 aromatic rings. The number of nitrogens with one attached hydrogen (secondary N) is 1. The van der Waals surface area contributed by atoms with Crippen molar-refractivity contribution < 1.29 is 14.9 Å². The van der Waals surface area contributed by atoms with Gasteiger partial charge in [-0.05, 0) is 104 Å². The lowest BCUT2D eigenvalue weighted by molar-refractivity contribution is -0.284. The van der Waals surface area contributed by atoms with E-state index in [1.54, 1.807) is 5.57 Å². The number of hydrogen-bond donors (Lipinski definition) is 3. The van der Waals surface area contributed by atoms with Gasteiger partial charge in [0.1, 0.15) is 0 Å². The van der Waals surface area contributed by atoms with E-state index in [1.165, 1.54) is 64.2 Å². The fourth-order valence-electron chi connectivity index (χ4n) is 9.19. The summed E-state index contributed by atoms with van der Waals surface area (Å²) in [6.07, 6.45) is 19.4. The van der Waals surface area contributed by atoms with Gasteiger partial charge in [0.2, 0.25) is 0 Å². The van der Waals surface area contributed by atoms with Crippen LogP contribution in [0.2, 0.25) is 0 Å². The first kappa shape index (κ1) is 32.1. The van der Waals surface area contributed by atoms with Gasteiger partial charge in [-0.25, -0.2) is 4.89 Å². The Morgan fingerprint density at radius 3 is 2.53 bits per heavy atom. The first-order chi connectivity index (χ1) is 18.2. The summed E-state index contributed by atoms with van der Waals surface area (Å²) in [5.41, 5.74) is 7.69. The maximum absolute atomic E-state index is 9.20. The van der Waals surface area contributed by atoms with Crippen LogP contribution < -0.4 is 11.1 Å². The Hall–Kier alpha value is -0.460. The molecule has 0 aromatic carbocycles. The number of hydrogen-bond acceptors (Lipinski definition) is 5. The Morgan fingerprint density at radius 2 is 1.84 bits per heavy atom. The van der Waals surface area contributed by atoms with E-state index in [1.807, 2.05) is 0 Å². The Kier molecular flexibility index (Phi) is 12.6. The van der Waals surface area contributed by atoms with Gasteiger partial charge in [-0.3, -0.25) is 10.6 Å². The minimum absolute atomic E-state index is 0.0299. The maximum Gasteiger partial charge on any atom is 0.0974 e. The molecule has 8 unspecified atom stereocenters. The largest absolute Gasteiger partial charge is 0.366 e. The molecule has 4 aliphatic rings. The van der Waals surface area contributed by atoms with Crippen molar-refractivity contribution in [1.29, 1.82) is 0 Å². The van der Waals surface area contributed by atoms with E-state index in [-0.39, 0.29) is 6.10 Å². The number of nitrogens with two attached hydrogens (primary N) is 1. The second-order valence-corrected chi connectivity index (χ2v) is 14.1. The fraction of sp³-hybridized carbons (Fsp3) is 0.939. The molecule has 5 nitrogen and oxygen atoms in total. The lowest BCUT2D eigenvalue weighted by atomic mass is 9.47. The topological polar surface area (TPSA) is 76.7 Å². The summed E-state index contributed by atoms with van der Waals surface area (Å²) in [4.78, 5) is 4.75. The van der Waals surface area contributed by atoms with E-state index in [0.717, 1.165) is 61.4 Å². The molecule has 0 radical (unpaired) electrons. The van der Waals surface area contributed by atoms with Gasteiger partial charge < -0.3 is 10.5 Å². The van der Waals surface area contributed by atoms with Crippen LogP contribution in [0.25, 0.3) is 0 Å². The van der Waals surface area contributed by atoms with Crippen LogP contribution in [-0.4, -0.2) is 31.4 Å². The molecular formula is C33H62N2O3. The van der Waals surface area contributed by atoms with E-state index in [0.29, 0.717) is 24.2 Å². The van der Waals surface area contributed by atoms with Gasteiger partial charge in [0.05, 0.1) is 12.8 Å². The molecule has 0 heterocycles. The van der Waals surface area contributed by atoms with Crippen LogP contribution in [0.3, 0.4) is 0 Å². The Morgan fingerprint density at radius 1 is 1.05 bits per heavy atom. The lowest BCUT2D eigenvalue weighted by Gasteiger charge is -2.58. The number of ether oxygens (including phenoxy) is 1. The molecule has 0 bridgehead atoms. The minimum atomic E-state index is 0.0299. The Labute approximate surface area is 235 Å². The first-order valence-corrected chi connectivity index (χ1v) is 16.2. The highest BCUT2D eigenvalue weighted by atomic mass is 17.1. The molecule has 5 heteroatoms. The van der Waals surface area contributed by atoms with Gasteiger partial charge >= 0.3 is 0 Å². The van der Waals surface area contributed by atoms with Gasteiger partial charge in [-0.15, -0.1) is 0 Å². The first-order valence-electron chi connectivity index (χ1n) is 16.2. The van der Waals surface area contributed by atoms with Gasteiger partial charge in [-0.1, -0.05) is 78.9 Å². The normalized spacial score (nSPS) is 37.0. The molecule has 3 fully saturated rings. The quantitative estimate of drug-likeness (QED) is 0.0774. The summed E-state index contributed by atoms with van der Waals surface area (Å²) >= 11 is 0. The van der Waals surface area contributed by atoms with E-state index < -0.39 is 0 Å². The average Bonchev–Trinajstić information content (AvgIpc) is 3.25. The van der Waals surface area contributed by atoms with Crippen molar-refractivity contribution in [1.82, 2.24) is 5.32 Å². The van der Waals surface area contributed by atoms with Crippen LogP contribution >= 0.6 is 0 Å². The van der Waals surface area contributed by atoms with Crippen LogP contribution in [0.4, 0.5) is 0 Å². The SMILES string of the molecule is CC(C)CCCC(C)C1CCC2C3CC=C4CC(OO)CCC4(C)C3CCC12C.CCCCOCNCN. The van der Waals surface area contributed by atoms with Crippen molar-refractivity contribution in [3.8, 4) is 0 Å². The smallest absolute Gasteiger partial charge is 0.0974 e. The summed E-state index contributed by atoms with van der Waals surface area (Å²) in [6, 6.07) is 0. The highest BCUT2D eigenvalue weighted by Gasteiger charge is 2.59. The highest BCUT2D eigenvalue weighted by Crippen LogP contribution is 2.67. The zero-order valence-corrected chi connectivity index (χ0v) is 25.8. The van der Waals surface area contributed by atoms with Crippen molar-refractivity contribution in [2.75, 3.05) is 20.0 Å². The summed E-state index contributed by atoms with van der Waals surface area (Å²) in [5.74, 6) is 5.36. The second kappa shape index (κ2) is 15.0. The van der Waals surface area contributed by atoms with Crippen LogP contribution in [0.5, 0.6) is 0 Å². The lowest BCUT2D eigenvalue weighted by Crippen LogP contribution is -2.51. The van der Waals surface area contributed by atoms with Crippen molar-refractivity contribution in [3.63, 3.8) is 0 Å². The predicted octanol–water partition coefficient (Wildman–Crippen LogP) is 8.15. The molecular weight excluding hydrogens is 472 g/mol. The average molecular weight is 535 g/mol. The van der Waals surface area contributed by atoms with E-state index in [4.69, 9.17) is 15.4 Å². The van der Waals surface area contributed by atoms with Crippen LogP contribution in [-0.2, 0) is 9.62 Å². The van der Waals surface area contributed by atoms with Gasteiger partial charge in [0.15, 0.2) is 0 Å². The molecule has 8 atom stereocenters. The molecule has 0 amide bonds. The molecule has 0 spiro atoms. The van der Waals surface area contributed by atoms with E-state index >= 15 is 0 Å². The van der Waals surface area contributed by atoms with E-state index in [9.17, 15) is 5.26 Å². The Bertz CT molecular complexity index is 721. The molecule has 0 saturated heterocycles. The zero-order chi connectivity index (χ0) is 27.8.